The van der Waals surface area contributed by atoms with Crippen molar-refractivity contribution >= 4 is 5.97 Å². The summed E-state index contributed by atoms with van der Waals surface area (Å²) in [4.78, 5) is 11.1. The zero-order chi connectivity index (χ0) is 13.9. The van der Waals surface area contributed by atoms with Gasteiger partial charge in [-0.2, -0.15) is 0 Å². The first-order valence-corrected chi connectivity index (χ1v) is 7.02. The number of hydrogen-bond acceptors (Lipinski definition) is 2. The number of carboxylic acids is 1. The first-order chi connectivity index (χ1) is 8.99. The molecule has 1 saturated heterocycles. The largest absolute Gasteiger partial charge is 0.481 e. The van der Waals surface area contributed by atoms with Gasteiger partial charge in [0.15, 0.2) is 0 Å². The van der Waals surface area contributed by atoms with E-state index in [4.69, 9.17) is 5.11 Å². The van der Waals surface area contributed by atoms with Crippen molar-refractivity contribution in [1.82, 2.24) is 5.32 Å². The van der Waals surface area contributed by atoms with Gasteiger partial charge < -0.3 is 10.4 Å². The Hall–Kier alpha value is -1.35. The van der Waals surface area contributed by atoms with Crippen molar-refractivity contribution in [2.75, 3.05) is 13.1 Å². The Morgan fingerprint density at radius 3 is 2.58 bits per heavy atom. The van der Waals surface area contributed by atoms with Crippen molar-refractivity contribution in [2.24, 2.45) is 5.41 Å². The molecule has 104 valence electrons. The molecule has 1 unspecified atom stereocenters. The topological polar surface area (TPSA) is 49.3 Å². The van der Waals surface area contributed by atoms with Gasteiger partial charge in [-0.25, -0.2) is 0 Å². The first kappa shape index (κ1) is 14.1. The minimum Gasteiger partial charge on any atom is -0.481 e. The Labute approximate surface area is 115 Å². The molecule has 0 amide bonds. The molecule has 3 heteroatoms. The molecule has 1 heterocycles. The van der Waals surface area contributed by atoms with E-state index < -0.39 is 11.4 Å². The third-order valence-electron chi connectivity index (χ3n) is 3.97. The quantitative estimate of drug-likeness (QED) is 0.876. The van der Waals surface area contributed by atoms with E-state index in [1.807, 2.05) is 0 Å². The van der Waals surface area contributed by atoms with Gasteiger partial charge >= 0.3 is 5.97 Å². The summed E-state index contributed by atoms with van der Waals surface area (Å²) >= 11 is 0. The fraction of sp³-hybridized carbons (Fsp3) is 0.562. The van der Waals surface area contributed by atoms with Crippen molar-refractivity contribution in [3.63, 3.8) is 0 Å². The maximum Gasteiger partial charge on any atom is 0.309 e. The Morgan fingerprint density at radius 2 is 2.05 bits per heavy atom. The zero-order valence-electron chi connectivity index (χ0n) is 11.8. The number of aliphatic carboxylic acids is 1. The minimum absolute atomic E-state index is 0.575. The van der Waals surface area contributed by atoms with Crippen molar-refractivity contribution in [3.05, 3.63) is 35.4 Å². The second-order valence-electron chi connectivity index (χ2n) is 6.15. The molecule has 1 fully saturated rings. The van der Waals surface area contributed by atoms with Crippen LogP contribution in [-0.4, -0.2) is 24.2 Å². The van der Waals surface area contributed by atoms with Crippen LogP contribution in [0.15, 0.2) is 24.3 Å². The lowest BCUT2D eigenvalue weighted by Gasteiger charge is -2.24. The summed E-state index contributed by atoms with van der Waals surface area (Å²) < 4.78 is 0. The van der Waals surface area contributed by atoms with Gasteiger partial charge in [0.05, 0.1) is 5.41 Å². The van der Waals surface area contributed by atoms with Crippen molar-refractivity contribution in [3.8, 4) is 0 Å². The predicted molar refractivity (Wildman–Crippen MR) is 76.4 cm³/mol. The van der Waals surface area contributed by atoms with Crippen LogP contribution in [0, 0.1) is 5.41 Å². The van der Waals surface area contributed by atoms with Gasteiger partial charge in [-0.3, -0.25) is 4.79 Å². The lowest BCUT2D eigenvalue weighted by atomic mass is 9.84. The molecule has 2 rings (SSSR count). The van der Waals surface area contributed by atoms with Crippen LogP contribution >= 0.6 is 0 Å². The summed E-state index contributed by atoms with van der Waals surface area (Å²) in [7, 11) is 0. The number of carbonyl (C=O) groups is 1. The molecule has 1 atom stereocenters. The number of rotatable bonds is 4. The predicted octanol–water partition coefficient (Wildman–Crippen LogP) is 2.81. The second kappa shape index (κ2) is 5.74. The van der Waals surface area contributed by atoms with Crippen LogP contribution < -0.4 is 5.32 Å². The molecule has 1 aliphatic rings. The van der Waals surface area contributed by atoms with Gasteiger partial charge in [-0.05, 0) is 56.7 Å². The number of nitrogens with one attached hydrogen (secondary N) is 1. The third kappa shape index (κ3) is 3.57. The molecular weight excluding hydrogens is 238 g/mol. The average Bonchev–Trinajstić information content (AvgIpc) is 2.40. The molecule has 0 aliphatic carbocycles. The molecule has 1 aromatic carbocycles. The van der Waals surface area contributed by atoms with Gasteiger partial charge in [0, 0.05) is 6.54 Å². The highest BCUT2D eigenvalue weighted by Crippen LogP contribution is 2.26. The Balaban J connectivity index is 2.04. The van der Waals surface area contributed by atoms with Gasteiger partial charge in [0.25, 0.3) is 0 Å². The second-order valence-corrected chi connectivity index (χ2v) is 6.15. The summed E-state index contributed by atoms with van der Waals surface area (Å²) in [5.74, 6) is -0.136. The Bertz CT molecular complexity index is 431. The maximum atomic E-state index is 11.1. The fourth-order valence-corrected chi connectivity index (χ4v) is 2.63. The normalized spacial score (nSPS) is 20.2. The smallest absolute Gasteiger partial charge is 0.309 e. The van der Waals surface area contributed by atoms with Gasteiger partial charge in [-0.15, -0.1) is 0 Å². The third-order valence-corrected chi connectivity index (χ3v) is 3.97. The van der Waals surface area contributed by atoms with Gasteiger partial charge in [-0.1, -0.05) is 24.3 Å². The molecule has 2 N–H and O–H groups in total. The summed E-state index contributed by atoms with van der Waals surface area (Å²) in [6, 6.07) is 8.47. The number of piperidine rings is 1. The molecular formula is C16H23NO2. The number of hydrogen-bond donors (Lipinski definition) is 2. The molecule has 1 aliphatic heterocycles. The van der Waals surface area contributed by atoms with E-state index in [0.29, 0.717) is 12.3 Å². The highest BCUT2D eigenvalue weighted by molar-refractivity contribution is 5.74. The molecule has 0 saturated carbocycles. The SMILES string of the molecule is CC(C)(Cc1ccc(C2CCCNC2)cc1)C(=O)O. The minimum atomic E-state index is -0.743. The number of benzene rings is 1. The van der Waals surface area contributed by atoms with E-state index >= 15 is 0 Å². The van der Waals surface area contributed by atoms with Crippen LogP contribution in [0.25, 0.3) is 0 Å². The van der Waals surface area contributed by atoms with Gasteiger partial charge in [0.2, 0.25) is 0 Å². The molecule has 1 aromatic rings. The molecule has 19 heavy (non-hydrogen) atoms. The zero-order valence-corrected chi connectivity index (χ0v) is 11.8. The summed E-state index contributed by atoms with van der Waals surface area (Å²) in [6.45, 7) is 5.73. The summed E-state index contributed by atoms with van der Waals surface area (Å²) in [5.41, 5.74) is 1.76. The molecule has 3 nitrogen and oxygen atoms in total. The fourth-order valence-electron chi connectivity index (χ4n) is 2.63. The van der Waals surface area contributed by atoms with Crippen molar-refractivity contribution in [1.29, 1.82) is 0 Å². The van der Waals surface area contributed by atoms with Crippen LogP contribution in [-0.2, 0) is 11.2 Å². The van der Waals surface area contributed by atoms with E-state index in [9.17, 15) is 4.79 Å². The highest BCUT2D eigenvalue weighted by Gasteiger charge is 2.27. The molecule has 0 radical (unpaired) electrons. The van der Waals surface area contributed by atoms with Crippen LogP contribution in [0.4, 0.5) is 0 Å². The van der Waals surface area contributed by atoms with E-state index in [1.54, 1.807) is 13.8 Å². The van der Waals surface area contributed by atoms with Crippen LogP contribution in [0.3, 0.4) is 0 Å². The Kier molecular flexibility index (Phi) is 4.25. The standard InChI is InChI=1S/C16H23NO2/c1-16(2,15(18)19)10-12-5-7-13(8-6-12)14-4-3-9-17-11-14/h5-8,14,17H,3-4,9-11H2,1-2H3,(H,18,19). The average molecular weight is 261 g/mol. The van der Waals surface area contributed by atoms with Crippen molar-refractivity contribution in [2.45, 2.75) is 39.0 Å². The lowest BCUT2D eigenvalue weighted by molar-refractivity contribution is -0.146. The van der Waals surface area contributed by atoms with Crippen molar-refractivity contribution < 1.29 is 9.90 Å². The number of carboxylic acid groups (broad SMARTS) is 1. The molecule has 0 bridgehead atoms. The van der Waals surface area contributed by atoms with E-state index in [-0.39, 0.29) is 0 Å². The first-order valence-electron chi connectivity index (χ1n) is 7.02. The maximum absolute atomic E-state index is 11.1. The van der Waals surface area contributed by atoms with E-state index in [0.717, 1.165) is 18.7 Å². The summed E-state index contributed by atoms with van der Waals surface area (Å²) in [6.07, 6.45) is 3.05. The van der Waals surface area contributed by atoms with Crippen LogP contribution in [0.1, 0.15) is 43.7 Å². The van der Waals surface area contributed by atoms with Crippen LogP contribution in [0.5, 0.6) is 0 Å². The molecule has 0 aromatic heterocycles. The highest BCUT2D eigenvalue weighted by atomic mass is 16.4. The molecule has 0 spiro atoms. The van der Waals surface area contributed by atoms with Gasteiger partial charge in [0.1, 0.15) is 0 Å². The van der Waals surface area contributed by atoms with Crippen LogP contribution in [0.2, 0.25) is 0 Å². The summed E-state index contributed by atoms with van der Waals surface area (Å²) in [5, 5.41) is 12.6. The van der Waals surface area contributed by atoms with E-state index in [1.165, 1.54) is 18.4 Å². The monoisotopic (exact) mass is 261 g/mol. The van der Waals surface area contributed by atoms with E-state index in [2.05, 4.69) is 29.6 Å². The Morgan fingerprint density at radius 1 is 1.37 bits per heavy atom. The lowest BCUT2D eigenvalue weighted by Crippen LogP contribution is -2.28.